The molecule has 0 radical (unpaired) electrons. The van der Waals surface area contributed by atoms with E-state index >= 15 is 0 Å². The molecule has 0 atom stereocenters. The average molecular weight is 293 g/mol. The minimum absolute atomic E-state index is 0.256. The Balaban J connectivity index is 1.63. The molecule has 6 nitrogen and oxygen atoms in total. The monoisotopic (exact) mass is 293 g/mol. The van der Waals surface area contributed by atoms with Crippen molar-refractivity contribution in [3.05, 3.63) is 22.2 Å². The maximum atomic E-state index is 12.3. The number of carbonyl (C=O) groups is 1. The molecule has 21 heavy (non-hydrogen) atoms. The van der Waals surface area contributed by atoms with Gasteiger partial charge in [-0.15, -0.1) is 4.74 Å². The Bertz CT molecular complexity index is 553. The van der Waals surface area contributed by atoms with Gasteiger partial charge in [0.25, 0.3) is 11.5 Å². The molecule has 1 N–H and O–H groups in total. The molecule has 6 heteroatoms. The number of carbonyl (C=O) groups excluding carboxylic acids is 1. The first-order valence-corrected chi connectivity index (χ1v) is 7.81. The number of rotatable bonds is 5. The Morgan fingerprint density at radius 1 is 1.38 bits per heavy atom. The van der Waals surface area contributed by atoms with Crippen LogP contribution >= 0.6 is 0 Å². The fraction of sp³-hybridized carbons (Fsp3) is 0.733. The van der Waals surface area contributed by atoms with Crippen LogP contribution in [0.25, 0.3) is 0 Å². The van der Waals surface area contributed by atoms with Crippen molar-refractivity contribution in [2.75, 3.05) is 26.2 Å². The number of nitrogens with zero attached hydrogens (tertiary/aromatic N) is 2. The minimum Gasteiger partial charge on any atom is -0.373 e. The maximum Gasteiger partial charge on any atom is 0.290 e. The van der Waals surface area contributed by atoms with Gasteiger partial charge in [0.15, 0.2) is 0 Å². The van der Waals surface area contributed by atoms with Gasteiger partial charge in [-0.1, -0.05) is 0 Å². The molecule has 0 unspecified atom stereocenters. The van der Waals surface area contributed by atoms with Crippen molar-refractivity contribution in [2.45, 2.75) is 38.6 Å². The van der Waals surface area contributed by atoms with Crippen LogP contribution in [0.15, 0.2) is 15.4 Å². The van der Waals surface area contributed by atoms with Gasteiger partial charge in [0.2, 0.25) is 0 Å². The summed E-state index contributed by atoms with van der Waals surface area (Å²) in [6.07, 6.45) is 4.64. The van der Waals surface area contributed by atoms with Gasteiger partial charge in [-0.05, 0) is 51.6 Å². The lowest BCUT2D eigenvalue weighted by atomic mass is 9.97. The molecule has 0 spiro atoms. The Morgan fingerprint density at radius 2 is 2.10 bits per heavy atom. The Kier molecular flexibility index (Phi) is 4.26. The molecular weight excluding hydrogens is 270 g/mol. The average Bonchev–Trinajstić information content (AvgIpc) is 3.24. The van der Waals surface area contributed by atoms with E-state index < -0.39 is 0 Å². The smallest absolute Gasteiger partial charge is 0.290 e. The topological polar surface area (TPSA) is 67.5 Å². The summed E-state index contributed by atoms with van der Waals surface area (Å²) in [7, 11) is 0. The van der Waals surface area contributed by atoms with Crippen molar-refractivity contribution in [3.63, 3.8) is 0 Å². The molecule has 1 saturated heterocycles. The van der Waals surface area contributed by atoms with Crippen LogP contribution in [0.4, 0.5) is 0 Å². The van der Waals surface area contributed by atoms with Crippen LogP contribution in [-0.2, 0) is 0 Å². The number of nitrogens with one attached hydrogen (secondary N) is 1. The van der Waals surface area contributed by atoms with Crippen LogP contribution in [0.5, 0.6) is 0 Å². The quantitative estimate of drug-likeness (QED) is 0.872. The highest BCUT2D eigenvalue weighted by Crippen LogP contribution is 2.28. The minimum atomic E-state index is -0.366. The van der Waals surface area contributed by atoms with E-state index in [4.69, 9.17) is 4.52 Å². The second-order valence-electron chi connectivity index (χ2n) is 6.23. The van der Waals surface area contributed by atoms with Crippen LogP contribution < -0.4 is 10.9 Å². The highest BCUT2D eigenvalue weighted by Gasteiger charge is 2.33. The lowest BCUT2D eigenvalue weighted by molar-refractivity contribution is 0.0689. The molecule has 116 valence electrons. The fourth-order valence-electron chi connectivity index (χ4n) is 3.04. The third-order valence-corrected chi connectivity index (χ3v) is 4.34. The van der Waals surface area contributed by atoms with E-state index in [0.717, 1.165) is 50.1 Å². The second-order valence-corrected chi connectivity index (χ2v) is 6.23. The zero-order chi connectivity index (χ0) is 14.8. The lowest BCUT2D eigenvalue weighted by Crippen LogP contribution is -2.41. The summed E-state index contributed by atoms with van der Waals surface area (Å²) in [5.74, 6) is 0.869. The number of hydrogen-bond acceptors (Lipinski definition) is 5. The first kappa shape index (κ1) is 14.5. The Labute approximate surface area is 124 Å². The molecule has 0 aromatic carbocycles. The summed E-state index contributed by atoms with van der Waals surface area (Å²) < 4.78 is 6.08. The van der Waals surface area contributed by atoms with Crippen molar-refractivity contribution in [3.8, 4) is 0 Å². The molecule has 1 aliphatic heterocycles. The van der Waals surface area contributed by atoms with Gasteiger partial charge in [-0.3, -0.25) is 14.5 Å². The Morgan fingerprint density at radius 3 is 2.67 bits per heavy atom. The van der Waals surface area contributed by atoms with Crippen molar-refractivity contribution in [1.29, 1.82) is 0 Å². The molecule has 2 fully saturated rings. The van der Waals surface area contributed by atoms with Gasteiger partial charge < -0.3 is 9.84 Å². The number of aryl methyl sites for hydroxylation is 1. The SMILES string of the molecule is Cc1cc(=O)n(C(=O)CN(CC2CCNCC2)C2CC2)o1. The summed E-state index contributed by atoms with van der Waals surface area (Å²) in [5, 5.41) is 3.36. The summed E-state index contributed by atoms with van der Waals surface area (Å²) in [6, 6.07) is 1.86. The zero-order valence-corrected chi connectivity index (χ0v) is 12.5. The first-order chi connectivity index (χ1) is 10.1. The molecule has 1 aromatic rings. The van der Waals surface area contributed by atoms with E-state index in [-0.39, 0.29) is 18.0 Å². The van der Waals surface area contributed by atoms with Crippen molar-refractivity contribution in [1.82, 2.24) is 15.0 Å². The van der Waals surface area contributed by atoms with Gasteiger partial charge in [-0.2, -0.15) is 0 Å². The zero-order valence-electron chi connectivity index (χ0n) is 12.5. The molecule has 2 heterocycles. The maximum absolute atomic E-state index is 12.3. The summed E-state index contributed by atoms with van der Waals surface area (Å²) in [6.45, 7) is 5.04. The third-order valence-electron chi connectivity index (χ3n) is 4.34. The normalized spacial score (nSPS) is 20.1. The van der Waals surface area contributed by atoms with Crippen molar-refractivity contribution >= 4 is 5.91 Å². The summed E-state index contributed by atoms with van der Waals surface area (Å²) >= 11 is 0. The summed E-state index contributed by atoms with van der Waals surface area (Å²) in [5.41, 5.74) is -0.366. The third kappa shape index (κ3) is 3.63. The Hall–Kier alpha value is -1.40. The number of aromatic nitrogens is 1. The highest BCUT2D eigenvalue weighted by atomic mass is 16.5. The van der Waals surface area contributed by atoms with E-state index in [9.17, 15) is 9.59 Å². The van der Waals surface area contributed by atoms with Crippen molar-refractivity contribution in [2.24, 2.45) is 5.92 Å². The molecule has 2 aliphatic rings. The van der Waals surface area contributed by atoms with E-state index in [1.807, 2.05) is 0 Å². The standard InChI is InChI=1S/C15H23N3O3/c1-11-8-14(19)18(21-11)15(20)10-17(13-2-3-13)9-12-4-6-16-7-5-12/h8,12-13,16H,2-7,9-10H2,1H3. The molecule has 1 saturated carbocycles. The van der Waals surface area contributed by atoms with E-state index in [2.05, 4.69) is 10.2 Å². The summed E-state index contributed by atoms with van der Waals surface area (Å²) in [4.78, 5) is 26.2. The van der Waals surface area contributed by atoms with Gasteiger partial charge in [-0.25, -0.2) is 0 Å². The van der Waals surface area contributed by atoms with Crippen LogP contribution in [-0.4, -0.2) is 47.8 Å². The van der Waals surface area contributed by atoms with E-state index in [1.165, 1.54) is 6.07 Å². The number of piperidine rings is 1. The molecule has 0 amide bonds. The van der Waals surface area contributed by atoms with Crippen LogP contribution in [0.1, 0.15) is 36.2 Å². The fourth-order valence-corrected chi connectivity index (χ4v) is 3.04. The predicted octanol–water partition coefficient (Wildman–Crippen LogP) is 0.854. The molecular formula is C15H23N3O3. The van der Waals surface area contributed by atoms with Crippen molar-refractivity contribution < 1.29 is 9.32 Å². The largest absolute Gasteiger partial charge is 0.373 e. The molecule has 0 bridgehead atoms. The second kappa shape index (κ2) is 6.15. The van der Waals surface area contributed by atoms with E-state index in [0.29, 0.717) is 17.7 Å². The molecule has 1 aromatic heterocycles. The van der Waals surface area contributed by atoms with Crippen LogP contribution in [0, 0.1) is 12.8 Å². The first-order valence-electron chi connectivity index (χ1n) is 7.81. The van der Waals surface area contributed by atoms with Gasteiger partial charge in [0, 0.05) is 18.7 Å². The van der Waals surface area contributed by atoms with Gasteiger partial charge in [0.1, 0.15) is 5.76 Å². The molecule has 3 rings (SSSR count). The van der Waals surface area contributed by atoms with Crippen LogP contribution in [0.2, 0.25) is 0 Å². The van der Waals surface area contributed by atoms with Gasteiger partial charge >= 0.3 is 0 Å². The molecule has 1 aliphatic carbocycles. The number of hydrogen-bond donors (Lipinski definition) is 1. The highest BCUT2D eigenvalue weighted by molar-refractivity contribution is 5.79. The lowest BCUT2D eigenvalue weighted by Gasteiger charge is -2.29. The van der Waals surface area contributed by atoms with Gasteiger partial charge in [0.05, 0.1) is 6.54 Å². The van der Waals surface area contributed by atoms with Crippen LogP contribution in [0.3, 0.4) is 0 Å². The predicted molar refractivity (Wildman–Crippen MR) is 78.5 cm³/mol. The van der Waals surface area contributed by atoms with E-state index in [1.54, 1.807) is 6.92 Å².